The van der Waals surface area contributed by atoms with Gasteiger partial charge in [-0.25, -0.2) is 0 Å². The number of rotatable bonds is 4. The van der Waals surface area contributed by atoms with Gasteiger partial charge in [0.05, 0.1) is 4.47 Å². The Morgan fingerprint density at radius 2 is 2.05 bits per heavy atom. The summed E-state index contributed by atoms with van der Waals surface area (Å²) in [6, 6.07) is 12.8. The van der Waals surface area contributed by atoms with Crippen LogP contribution in [0.1, 0.15) is 5.56 Å². The zero-order chi connectivity index (χ0) is 14.5. The Labute approximate surface area is 126 Å². The summed E-state index contributed by atoms with van der Waals surface area (Å²) in [6.45, 7) is 1.85. The van der Waals surface area contributed by atoms with E-state index >= 15 is 0 Å². The van der Waals surface area contributed by atoms with E-state index in [1.54, 1.807) is 12.1 Å². The number of hydrogen-bond donors (Lipinski definition) is 2. The topological polar surface area (TPSA) is 64.3 Å². The minimum Gasteiger partial charge on any atom is -0.483 e. The zero-order valence-electron chi connectivity index (χ0n) is 11.0. The summed E-state index contributed by atoms with van der Waals surface area (Å²) in [4.78, 5) is 11.8. The number of amides is 1. The molecule has 2 aromatic carbocycles. The van der Waals surface area contributed by atoms with Crippen molar-refractivity contribution in [3.8, 4) is 5.75 Å². The van der Waals surface area contributed by atoms with Crippen LogP contribution < -0.4 is 15.8 Å². The van der Waals surface area contributed by atoms with Crippen molar-refractivity contribution in [1.29, 1.82) is 0 Å². The quantitative estimate of drug-likeness (QED) is 0.842. The summed E-state index contributed by atoms with van der Waals surface area (Å²) in [7, 11) is 0. The lowest BCUT2D eigenvalue weighted by molar-refractivity contribution is -0.118. The molecule has 0 heterocycles. The Balaban J connectivity index is 1.93. The molecule has 0 aliphatic rings. The van der Waals surface area contributed by atoms with Crippen molar-refractivity contribution < 1.29 is 9.53 Å². The summed E-state index contributed by atoms with van der Waals surface area (Å²) in [5, 5.41) is 2.74. The van der Waals surface area contributed by atoms with Crippen LogP contribution in [0.4, 0.5) is 11.4 Å². The predicted molar refractivity (Wildman–Crippen MR) is 83.9 cm³/mol. The molecule has 2 rings (SSSR count). The third kappa shape index (κ3) is 3.74. The van der Waals surface area contributed by atoms with Crippen LogP contribution in [0, 0.1) is 6.92 Å². The number of carbonyl (C=O) groups is 1. The molecular weight excluding hydrogens is 320 g/mol. The molecular formula is C15H15BrN2O2. The van der Waals surface area contributed by atoms with Gasteiger partial charge in [0.1, 0.15) is 5.75 Å². The van der Waals surface area contributed by atoms with E-state index in [9.17, 15) is 4.79 Å². The van der Waals surface area contributed by atoms with Gasteiger partial charge in [0.25, 0.3) is 5.91 Å². The highest BCUT2D eigenvalue weighted by Gasteiger charge is 2.06. The summed E-state index contributed by atoms with van der Waals surface area (Å²) >= 11 is 3.36. The number of carbonyl (C=O) groups excluding carboxylic acids is 1. The predicted octanol–water partition coefficient (Wildman–Crippen LogP) is 3.36. The van der Waals surface area contributed by atoms with Gasteiger partial charge in [-0.05, 0) is 52.7 Å². The van der Waals surface area contributed by atoms with Crippen molar-refractivity contribution in [3.63, 3.8) is 0 Å². The number of halogens is 1. The highest BCUT2D eigenvalue weighted by molar-refractivity contribution is 9.10. The van der Waals surface area contributed by atoms with Crippen LogP contribution in [-0.2, 0) is 4.79 Å². The number of ether oxygens (including phenoxy) is 1. The highest BCUT2D eigenvalue weighted by Crippen LogP contribution is 2.23. The average molecular weight is 335 g/mol. The molecule has 4 nitrogen and oxygen atoms in total. The first-order valence-electron chi connectivity index (χ1n) is 6.09. The number of nitrogens with two attached hydrogens (primary N) is 1. The fraction of sp³-hybridized carbons (Fsp3) is 0.133. The molecule has 5 heteroatoms. The Kier molecular flexibility index (Phi) is 4.63. The molecule has 104 valence electrons. The third-order valence-electron chi connectivity index (χ3n) is 2.76. The van der Waals surface area contributed by atoms with Crippen molar-refractivity contribution in [2.75, 3.05) is 17.7 Å². The highest BCUT2D eigenvalue weighted by atomic mass is 79.9. The summed E-state index contributed by atoms with van der Waals surface area (Å²) < 4.78 is 6.25. The molecule has 0 aromatic heterocycles. The SMILES string of the molecule is Cc1ccc(NC(=O)COc2ccccc2Br)cc1N. The van der Waals surface area contributed by atoms with Crippen LogP contribution in [0.3, 0.4) is 0 Å². The zero-order valence-corrected chi connectivity index (χ0v) is 12.6. The number of benzene rings is 2. The minimum absolute atomic E-state index is 0.0591. The minimum atomic E-state index is -0.232. The van der Waals surface area contributed by atoms with Gasteiger partial charge in [-0.1, -0.05) is 18.2 Å². The number of anilines is 2. The Bertz CT molecular complexity index is 629. The molecule has 0 radical (unpaired) electrons. The van der Waals surface area contributed by atoms with Crippen LogP contribution in [-0.4, -0.2) is 12.5 Å². The number of hydrogen-bond acceptors (Lipinski definition) is 3. The maximum atomic E-state index is 11.8. The average Bonchev–Trinajstić information content (AvgIpc) is 2.42. The van der Waals surface area contributed by atoms with Gasteiger partial charge in [-0.15, -0.1) is 0 Å². The second kappa shape index (κ2) is 6.43. The van der Waals surface area contributed by atoms with Crippen molar-refractivity contribution in [2.45, 2.75) is 6.92 Å². The number of para-hydroxylation sites is 1. The smallest absolute Gasteiger partial charge is 0.262 e. The molecule has 20 heavy (non-hydrogen) atoms. The lowest BCUT2D eigenvalue weighted by Crippen LogP contribution is -2.20. The van der Waals surface area contributed by atoms with Crippen molar-refractivity contribution in [1.82, 2.24) is 0 Å². The van der Waals surface area contributed by atoms with Gasteiger partial charge in [-0.2, -0.15) is 0 Å². The molecule has 0 atom stereocenters. The maximum absolute atomic E-state index is 11.8. The van der Waals surface area contributed by atoms with Gasteiger partial charge < -0.3 is 15.8 Å². The van der Waals surface area contributed by atoms with Crippen molar-refractivity contribution in [2.24, 2.45) is 0 Å². The fourth-order valence-corrected chi connectivity index (χ4v) is 2.02. The van der Waals surface area contributed by atoms with E-state index in [1.807, 2.05) is 37.3 Å². The monoisotopic (exact) mass is 334 g/mol. The molecule has 0 aliphatic carbocycles. The molecule has 0 bridgehead atoms. The van der Waals surface area contributed by atoms with Crippen LogP contribution in [0.5, 0.6) is 5.75 Å². The van der Waals surface area contributed by atoms with E-state index < -0.39 is 0 Å². The van der Waals surface area contributed by atoms with E-state index in [0.29, 0.717) is 17.1 Å². The van der Waals surface area contributed by atoms with Crippen LogP contribution >= 0.6 is 15.9 Å². The lowest BCUT2D eigenvalue weighted by atomic mass is 10.2. The van der Waals surface area contributed by atoms with Gasteiger partial charge >= 0.3 is 0 Å². The van der Waals surface area contributed by atoms with Gasteiger partial charge in [0.15, 0.2) is 6.61 Å². The largest absolute Gasteiger partial charge is 0.483 e. The summed E-state index contributed by atoms with van der Waals surface area (Å²) in [5.41, 5.74) is 8.08. The summed E-state index contributed by atoms with van der Waals surface area (Å²) in [5.74, 6) is 0.398. The number of aryl methyl sites for hydroxylation is 1. The van der Waals surface area contributed by atoms with E-state index in [1.165, 1.54) is 0 Å². The van der Waals surface area contributed by atoms with Gasteiger partial charge in [-0.3, -0.25) is 4.79 Å². The number of nitrogens with one attached hydrogen (secondary N) is 1. The molecule has 0 spiro atoms. The van der Waals surface area contributed by atoms with Crippen LogP contribution in [0.25, 0.3) is 0 Å². The second-order valence-electron chi connectivity index (χ2n) is 4.34. The normalized spacial score (nSPS) is 10.1. The molecule has 0 aliphatic heterocycles. The lowest BCUT2D eigenvalue weighted by Gasteiger charge is -2.09. The fourth-order valence-electron chi connectivity index (χ4n) is 1.62. The van der Waals surface area contributed by atoms with Crippen molar-refractivity contribution >= 4 is 33.2 Å². The molecule has 0 fully saturated rings. The molecule has 1 amide bonds. The molecule has 3 N–H and O–H groups in total. The first-order chi connectivity index (χ1) is 9.56. The Hall–Kier alpha value is -2.01. The molecule has 0 saturated carbocycles. The standard InChI is InChI=1S/C15H15BrN2O2/c1-10-6-7-11(8-13(10)17)18-15(19)9-20-14-5-3-2-4-12(14)16/h2-8H,9,17H2,1H3,(H,18,19). The first kappa shape index (κ1) is 14.4. The first-order valence-corrected chi connectivity index (χ1v) is 6.89. The van der Waals surface area contributed by atoms with E-state index in [0.717, 1.165) is 10.0 Å². The van der Waals surface area contributed by atoms with Gasteiger partial charge in [0.2, 0.25) is 0 Å². The van der Waals surface area contributed by atoms with E-state index in [4.69, 9.17) is 10.5 Å². The maximum Gasteiger partial charge on any atom is 0.262 e. The van der Waals surface area contributed by atoms with E-state index in [-0.39, 0.29) is 12.5 Å². The van der Waals surface area contributed by atoms with Crippen LogP contribution in [0.15, 0.2) is 46.9 Å². The number of nitrogen functional groups attached to an aromatic ring is 1. The Morgan fingerprint density at radius 1 is 1.30 bits per heavy atom. The molecule has 0 unspecified atom stereocenters. The van der Waals surface area contributed by atoms with Gasteiger partial charge in [0, 0.05) is 11.4 Å². The van der Waals surface area contributed by atoms with Crippen LogP contribution in [0.2, 0.25) is 0 Å². The summed E-state index contributed by atoms with van der Waals surface area (Å²) in [6.07, 6.45) is 0. The molecule has 0 saturated heterocycles. The molecule has 2 aromatic rings. The third-order valence-corrected chi connectivity index (χ3v) is 3.41. The van der Waals surface area contributed by atoms with Crippen molar-refractivity contribution in [3.05, 3.63) is 52.5 Å². The van der Waals surface area contributed by atoms with E-state index in [2.05, 4.69) is 21.2 Å². The Morgan fingerprint density at radius 3 is 2.75 bits per heavy atom. The second-order valence-corrected chi connectivity index (χ2v) is 5.19.